The molecule has 3 nitrogen and oxygen atoms in total. The molecule has 1 aromatic heterocycles. The lowest BCUT2D eigenvalue weighted by Crippen LogP contribution is -1.83. The van der Waals surface area contributed by atoms with Crippen LogP contribution in [-0.4, -0.2) is 15.2 Å². The third kappa shape index (κ3) is 2.38. The van der Waals surface area contributed by atoms with E-state index in [9.17, 15) is 4.39 Å². The molecule has 19 heavy (non-hydrogen) atoms. The van der Waals surface area contributed by atoms with Crippen LogP contribution in [0.2, 0.25) is 0 Å². The van der Waals surface area contributed by atoms with E-state index in [0.29, 0.717) is 17.2 Å². The maximum Gasteiger partial charge on any atom is 0.181 e. The van der Waals surface area contributed by atoms with E-state index in [-0.39, 0.29) is 5.82 Å². The van der Waals surface area contributed by atoms with Crippen molar-refractivity contribution < 1.29 is 4.39 Å². The fourth-order valence-corrected chi connectivity index (χ4v) is 1.86. The Morgan fingerprint density at radius 1 is 1.00 bits per heavy atom. The van der Waals surface area contributed by atoms with Gasteiger partial charge in [-0.1, -0.05) is 42.0 Å². The largest absolute Gasteiger partial charge is 0.259 e. The van der Waals surface area contributed by atoms with Crippen molar-refractivity contribution in [2.75, 3.05) is 0 Å². The Hall–Kier alpha value is -2.49. The topological polar surface area (TPSA) is 41.6 Å². The van der Waals surface area contributed by atoms with Crippen LogP contribution in [0.4, 0.5) is 4.39 Å². The molecule has 0 fully saturated rings. The quantitative estimate of drug-likeness (QED) is 0.758. The Kier molecular flexibility index (Phi) is 2.83. The van der Waals surface area contributed by atoms with E-state index < -0.39 is 0 Å². The van der Waals surface area contributed by atoms with Gasteiger partial charge in [-0.25, -0.2) is 9.37 Å². The van der Waals surface area contributed by atoms with Crippen LogP contribution in [-0.2, 0) is 0 Å². The molecule has 94 valence electrons. The summed E-state index contributed by atoms with van der Waals surface area (Å²) in [6, 6.07) is 14.2. The molecule has 1 N–H and O–H groups in total. The van der Waals surface area contributed by atoms with Crippen LogP contribution >= 0.6 is 0 Å². The maximum atomic E-state index is 13.2. The summed E-state index contributed by atoms with van der Waals surface area (Å²) in [5.41, 5.74) is 2.81. The van der Waals surface area contributed by atoms with Gasteiger partial charge in [0.05, 0.1) is 0 Å². The van der Waals surface area contributed by atoms with Gasteiger partial charge in [0.2, 0.25) is 0 Å². The van der Waals surface area contributed by atoms with Crippen molar-refractivity contribution in [2.24, 2.45) is 0 Å². The van der Waals surface area contributed by atoms with Crippen molar-refractivity contribution in [3.05, 3.63) is 59.9 Å². The van der Waals surface area contributed by atoms with Crippen LogP contribution < -0.4 is 0 Å². The van der Waals surface area contributed by atoms with Crippen molar-refractivity contribution in [2.45, 2.75) is 6.92 Å². The fraction of sp³-hybridized carbons (Fsp3) is 0.0667. The summed E-state index contributed by atoms with van der Waals surface area (Å²) < 4.78 is 13.2. The molecular formula is C15H12FN3. The molecule has 0 saturated carbocycles. The molecular weight excluding hydrogens is 241 g/mol. The van der Waals surface area contributed by atoms with Crippen LogP contribution in [0.15, 0.2) is 48.5 Å². The summed E-state index contributed by atoms with van der Waals surface area (Å²) in [4.78, 5) is 4.39. The summed E-state index contributed by atoms with van der Waals surface area (Å²) >= 11 is 0. The molecule has 3 aromatic rings. The minimum atomic E-state index is -0.292. The highest BCUT2D eigenvalue weighted by atomic mass is 19.1. The Morgan fingerprint density at radius 3 is 2.53 bits per heavy atom. The number of nitrogens with zero attached hydrogens (tertiary/aromatic N) is 2. The van der Waals surface area contributed by atoms with Gasteiger partial charge in [0, 0.05) is 11.1 Å². The molecule has 0 radical (unpaired) electrons. The van der Waals surface area contributed by atoms with Crippen LogP contribution in [0.3, 0.4) is 0 Å². The van der Waals surface area contributed by atoms with Gasteiger partial charge in [-0.2, -0.15) is 5.10 Å². The first-order valence-electron chi connectivity index (χ1n) is 5.98. The SMILES string of the molecule is Cc1ccc(-c2nc(-c3cccc(F)c3)n[nH]2)cc1. The van der Waals surface area contributed by atoms with E-state index >= 15 is 0 Å². The minimum absolute atomic E-state index is 0.292. The lowest BCUT2D eigenvalue weighted by atomic mass is 10.1. The highest BCUT2D eigenvalue weighted by Gasteiger charge is 2.08. The van der Waals surface area contributed by atoms with Gasteiger partial charge in [0.1, 0.15) is 5.82 Å². The molecule has 0 spiro atoms. The predicted octanol–water partition coefficient (Wildman–Crippen LogP) is 3.59. The summed E-state index contributed by atoms with van der Waals surface area (Å²) in [7, 11) is 0. The standard InChI is InChI=1S/C15H12FN3/c1-10-5-7-11(8-6-10)14-17-15(19-18-14)12-3-2-4-13(16)9-12/h2-9H,1H3,(H,17,18,19). The number of hydrogen-bond acceptors (Lipinski definition) is 2. The Bertz CT molecular complexity index is 701. The number of rotatable bonds is 2. The van der Waals surface area contributed by atoms with Gasteiger partial charge < -0.3 is 0 Å². The number of aromatic nitrogens is 3. The number of H-pyrrole nitrogens is 1. The zero-order valence-electron chi connectivity index (χ0n) is 10.4. The van der Waals surface area contributed by atoms with Gasteiger partial charge in [0.15, 0.2) is 11.6 Å². The number of halogens is 1. The Balaban J connectivity index is 1.97. The first-order chi connectivity index (χ1) is 9.22. The first-order valence-corrected chi connectivity index (χ1v) is 5.98. The highest BCUT2D eigenvalue weighted by Crippen LogP contribution is 2.20. The van der Waals surface area contributed by atoms with E-state index in [1.807, 2.05) is 31.2 Å². The summed E-state index contributed by atoms with van der Waals surface area (Å²) in [5, 5.41) is 7.00. The first kappa shape index (κ1) is 11.6. The van der Waals surface area contributed by atoms with Crippen molar-refractivity contribution in [3.63, 3.8) is 0 Å². The molecule has 1 heterocycles. The van der Waals surface area contributed by atoms with Crippen LogP contribution in [0, 0.1) is 12.7 Å². The lowest BCUT2D eigenvalue weighted by Gasteiger charge is -1.96. The van der Waals surface area contributed by atoms with Gasteiger partial charge in [0.25, 0.3) is 0 Å². The van der Waals surface area contributed by atoms with E-state index in [2.05, 4.69) is 15.2 Å². The molecule has 0 bridgehead atoms. The third-order valence-electron chi connectivity index (χ3n) is 2.89. The maximum absolute atomic E-state index is 13.2. The second-order valence-corrected chi connectivity index (χ2v) is 4.38. The molecule has 0 atom stereocenters. The van der Waals surface area contributed by atoms with Crippen LogP contribution in [0.25, 0.3) is 22.8 Å². The molecule has 0 amide bonds. The number of aryl methyl sites for hydroxylation is 1. The molecule has 0 unspecified atom stereocenters. The number of benzene rings is 2. The monoisotopic (exact) mass is 253 g/mol. The van der Waals surface area contributed by atoms with E-state index in [1.165, 1.54) is 17.7 Å². The number of nitrogens with one attached hydrogen (secondary N) is 1. The molecule has 3 rings (SSSR count). The number of hydrogen-bond donors (Lipinski definition) is 1. The lowest BCUT2D eigenvalue weighted by molar-refractivity contribution is 0.628. The van der Waals surface area contributed by atoms with Crippen molar-refractivity contribution >= 4 is 0 Å². The van der Waals surface area contributed by atoms with E-state index in [4.69, 9.17) is 0 Å². The second kappa shape index (κ2) is 4.65. The van der Waals surface area contributed by atoms with Crippen molar-refractivity contribution in [1.82, 2.24) is 15.2 Å². The molecule has 0 saturated heterocycles. The average molecular weight is 253 g/mol. The Labute approximate surface area is 110 Å². The van der Waals surface area contributed by atoms with E-state index in [1.54, 1.807) is 12.1 Å². The minimum Gasteiger partial charge on any atom is -0.259 e. The summed E-state index contributed by atoms with van der Waals surface area (Å²) in [6.07, 6.45) is 0. The molecule has 0 aliphatic carbocycles. The third-order valence-corrected chi connectivity index (χ3v) is 2.89. The smallest absolute Gasteiger partial charge is 0.181 e. The predicted molar refractivity (Wildman–Crippen MR) is 71.9 cm³/mol. The zero-order chi connectivity index (χ0) is 13.2. The fourth-order valence-electron chi connectivity index (χ4n) is 1.86. The number of aromatic amines is 1. The van der Waals surface area contributed by atoms with Gasteiger partial charge >= 0.3 is 0 Å². The normalized spacial score (nSPS) is 10.6. The summed E-state index contributed by atoms with van der Waals surface area (Å²) in [5.74, 6) is 0.883. The molecule has 0 aliphatic rings. The van der Waals surface area contributed by atoms with E-state index in [0.717, 1.165) is 5.56 Å². The van der Waals surface area contributed by atoms with Gasteiger partial charge in [-0.3, -0.25) is 5.10 Å². The van der Waals surface area contributed by atoms with Crippen molar-refractivity contribution in [1.29, 1.82) is 0 Å². The Morgan fingerprint density at radius 2 is 1.79 bits per heavy atom. The average Bonchev–Trinajstić information content (AvgIpc) is 2.89. The molecule has 2 aromatic carbocycles. The summed E-state index contributed by atoms with van der Waals surface area (Å²) in [6.45, 7) is 2.03. The zero-order valence-corrected chi connectivity index (χ0v) is 10.4. The molecule has 4 heteroatoms. The van der Waals surface area contributed by atoms with Crippen LogP contribution in [0.5, 0.6) is 0 Å². The second-order valence-electron chi connectivity index (χ2n) is 4.38. The van der Waals surface area contributed by atoms with Gasteiger partial charge in [-0.15, -0.1) is 0 Å². The van der Waals surface area contributed by atoms with Crippen molar-refractivity contribution in [3.8, 4) is 22.8 Å². The highest BCUT2D eigenvalue weighted by molar-refractivity contribution is 5.61. The van der Waals surface area contributed by atoms with Crippen LogP contribution in [0.1, 0.15) is 5.56 Å². The van der Waals surface area contributed by atoms with Gasteiger partial charge in [-0.05, 0) is 19.1 Å². The molecule has 0 aliphatic heterocycles.